The molecule has 0 fully saturated rings. The molecule has 0 aromatic rings. The SMILES string of the molecule is CN[C@@H](CCCCNC(=O)CC[C@H](CC(=O)CC[C@H](NC(=O)COCCOCCNC(=O)COCCOCCNC(=O)CC[C@H](CC(=O)CCCCCCCCCCCCCCCCC(C)=O)C(=O)O)C(=O)O)C(=O)O)C(=O)CO. The number of nitrogens with one attached hydrogen (secondary N) is 5. The Kier molecular flexibility index (Phi) is 47.3. The number of aliphatic carboxylic acids is 3. The first-order chi connectivity index (χ1) is 38.4. The minimum Gasteiger partial charge on any atom is -0.481 e. The zero-order valence-electron chi connectivity index (χ0n) is 47.8. The summed E-state index contributed by atoms with van der Waals surface area (Å²) >= 11 is 0. The van der Waals surface area contributed by atoms with Crippen LogP contribution in [0.25, 0.3) is 0 Å². The number of likely N-dealkylation sites (N-methyl/N-ethyl adjacent to an activating group) is 1. The average Bonchev–Trinajstić information content (AvgIpc) is 3.41. The number of carboxylic acid groups (broad SMARTS) is 3. The van der Waals surface area contributed by atoms with Crippen LogP contribution in [-0.4, -0.2) is 183 Å². The third kappa shape index (κ3) is 45.5. The van der Waals surface area contributed by atoms with Gasteiger partial charge < -0.3 is 70.8 Å². The average molecular weight is 1140 g/mol. The number of amides is 4. The summed E-state index contributed by atoms with van der Waals surface area (Å²) in [5, 5.41) is 50.8. The monoisotopic (exact) mass is 1140 g/mol. The Hall–Kier alpha value is -5.27. The van der Waals surface area contributed by atoms with Crippen molar-refractivity contribution in [2.45, 2.75) is 192 Å². The summed E-state index contributed by atoms with van der Waals surface area (Å²) < 4.78 is 21.3. The molecule has 24 heteroatoms. The lowest BCUT2D eigenvalue weighted by Crippen LogP contribution is -2.43. The van der Waals surface area contributed by atoms with Crippen molar-refractivity contribution >= 4 is 64.7 Å². The smallest absolute Gasteiger partial charge is 0.326 e. The molecule has 0 unspecified atom stereocenters. The van der Waals surface area contributed by atoms with Gasteiger partial charge in [-0.15, -0.1) is 0 Å². The lowest BCUT2D eigenvalue weighted by molar-refractivity contribution is -0.145. The number of carbonyl (C=O) groups excluding carboxylic acids is 8. The van der Waals surface area contributed by atoms with E-state index in [1.807, 2.05) is 0 Å². The summed E-state index contributed by atoms with van der Waals surface area (Å²) in [5.74, 6) is -8.52. The largest absolute Gasteiger partial charge is 0.481 e. The lowest BCUT2D eigenvalue weighted by Gasteiger charge is -2.16. The van der Waals surface area contributed by atoms with Gasteiger partial charge in [-0.1, -0.05) is 77.0 Å². The van der Waals surface area contributed by atoms with E-state index < -0.39 is 85.0 Å². The summed E-state index contributed by atoms with van der Waals surface area (Å²) in [7, 11) is 1.61. The maximum absolute atomic E-state index is 12.6. The van der Waals surface area contributed by atoms with Crippen molar-refractivity contribution in [2.75, 3.05) is 86.1 Å². The fraction of sp³-hybridized carbons (Fsp3) is 0.804. The van der Waals surface area contributed by atoms with Crippen molar-refractivity contribution in [1.82, 2.24) is 26.6 Å². The van der Waals surface area contributed by atoms with Gasteiger partial charge in [-0.2, -0.15) is 0 Å². The number of carboxylic acids is 3. The van der Waals surface area contributed by atoms with Crippen LogP contribution in [0.15, 0.2) is 0 Å². The number of unbranched alkanes of at least 4 members (excludes halogenated alkanes) is 14. The van der Waals surface area contributed by atoms with Crippen molar-refractivity contribution in [1.29, 1.82) is 0 Å². The van der Waals surface area contributed by atoms with E-state index >= 15 is 0 Å². The van der Waals surface area contributed by atoms with Crippen LogP contribution in [-0.2, 0) is 71.7 Å². The molecule has 0 saturated carbocycles. The molecule has 0 aromatic carbocycles. The standard InChI is InChI=1S/C56H97N5O19/c1-42(63)19-15-13-11-9-7-5-3-4-6-8-10-12-14-16-20-45(64)37-43(54(71)72)23-27-51(68)59-29-31-77-33-35-79-40-52(69)60-30-32-78-34-36-80-41-53(70)61-48(56(75)76)25-24-46(65)38-44(55(73)74)22-26-50(67)58-28-18-17-21-47(57-2)49(66)39-62/h43-44,47-48,57,62H,3-41H2,1-2H3,(H,58,67)(H,59,68)(H,60,69)(H,61,70)(H,71,72)(H,73,74)(H,75,76)/t43-,44-,47+,48+/m1/s1. The molecule has 0 rings (SSSR count). The summed E-state index contributed by atoms with van der Waals surface area (Å²) in [4.78, 5) is 132. The molecule has 4 amide bonds. The Balaban J connectivity index is 3.98. The molecule has 0 aromatic heterocycles. The van der Waals surface area contributed by atoms with Crippen LogP contribution in [0.2, 0.25) is 0 Å². The van der Waals surface area contributed by atoms with Crippen LogP contribution < -0.4 is 26.6 Å². The summed E-state index contributed by atoms with van der Waals surface area (Å²) in [6, 6.07) is -1.93. The molecule has 0 bridgehead atoms. The fourth-order valence-electron chi connectivity index (χ4n) is 8.41. The molecule has 24 nitrogen and oxygen atoms in total. The molecule has 0 radical (unpaired) electrons. The highest BCUT2D eigenvalue weighted by Crippen LogP contribution is 2.18. The van der Waals surface area contributed by atoms with E-state index in [1.54, 1.807) is 14.0 Å². The topological polar surface area (TPSA) is 366 Å². The third-order valence-corrected chi connectivity index (χ3v) is 13.1. The molecule has 4 atom stereocenters. The van der Waals surface area contributed by atoms with E-state index in [1.165, 1.54) is 51.4 Å². The second-order valence-corrected chi connectivity index (χ2v) is 20.1. The van der Waals surface area contributed by atoms with E-state index in [9.17, 15) is 68.1 Å². The van der Waals surface area contributed by atoms with Crippen LogP contribution in [0, 0.1) is 11.8 Å². The van der Waals surface area contributed by atoms with Gasteiger partial charge in [0.1, 0.15) is 43.2 Å². The van der Waals surface area contributed by atoms with E-state index in [-0.39, 0.29) is 128 Å². The van der Waals surface area contributed by atoms with Gasteiger partial charge in [0.15, 0.2) is 5.78 Å². The Morgan fingerprint density at radius 2 is 0.825 bits per heavy atom. The highest BCUT2D eigenvalue weighted by molar-refractivity contribution is 5.87. The van der Waals surface area contributed by atoms with Gasteiger partial charge in [0.2, 0.25) is 23.6 Å². The number of aliphatic hydroxyl groups is 1. The molecule has 0 aliphatic heterocycles. The quantitative estimate of drug-likeness (QED) is 0.0391. The molecule has 0 spiro atoms. The van der Waals surface area contributed by atoms with Gasteiger partial charge in [0, 0.05) is 64.6 Å². The molecule has 0 heterocycles. The van der Waals surface area contributed by atoms with Crippen molar-refractivity contribution < 1.29 is 92.1 Å². The second kappa shape index (κ2) is 50.7. The maximum atomic E-state index is 12.6. The van der Waals surface area contributed by atoms with E-state index in [0.717, 1.165) is 38.5 Å². The van der Waals surface area contributed by atoms with Gasteiger partial charge in [0.05, 0.1) is 57.5 Å². The predicted molar refractivity (Wildman–Crippen MR) is 294 cm³/mol. The molecule has 9 N–H and O–H groups in total. The van der Waals surface area contributed by atoms with E-state index in [4.69, 9.17) is 24.1 Å². The van der Waals surface area contributed by atoms with Gasteiger partial charge in [-0.25, -0.2) is 4.79 Å². The Labute approximate surface area is 472 Å². The number of carbonyl (C=O) groups is 11. The predicted octanol–water partition coefficient (Wildman–Crippen LogP) is 3.78. The van der Waals surface area contributed by atoms with Crippen LogP contribution in [0.5, 0.6) is 0 Å². The minimum atomic E-state index is -1.45. The van der Waals surface area contributed by atoms with E-state index in [0.29, 0.717) is 38.6 Å². The first-order valence-corrected chi connectivity index (χ1v) is 28.8. The van der Waals surface area contributed by atoms with Gasteiger partial charge in [-0.05, 0) is 65.3 Å². The number of ketones is 4. The fourth-order valence-corrected chi connectivity index (χ4v) is 8.41. The number of rotatable bonds is 58. The third-order valence-electron chi connectivity index (χ3n) is 13.1. The Morgan fingerprint density at radius 1 is 0.400 bits per heavy atom. The highest BCUT2D eigenvalue weighted by atomic mass is 16.5. The number of hydrogen-bond donors (Lipinski definition) is 9. The number of ether oxygens (including phenoxy) is 4. The molecule has 0 aliphatic rings. The van der Waals surface area contributed by atoms with Crippen molar-refractivity contribution in [3.05, 3.63) is 0 Å². The van der Waals surface area contributed by atoms with Crippen LogP contribution in [0.3, 0.4) is 0 Å². The van der Waals surface area contributed by atoms with Gasteiger partial charge in [-0.3, -0.25) is 43.2 Å². The van der Waals surface area contributed by atoms with E-state index in [2.05, 4.69) is 26.6 Å². The summed E-state index contributed by atoms with van der Waals surface area (Å²) in [6.07, 6.45) is 17.1. The Bertz CT molecular complexity index is 1800. The van der Waals surface area contributed by atoms with Gasteiger partial charge in [0.25, 0.3) is 0 Å². The number of aliphatic hydroxyl groups excluding tert-OH is 1. The zero-order chi connectivity index (χ0) is 59.6. The Morgan fingerprint density at radius 3 is 1.27 bits per heavy atom. The highest BCUT2D eigenvalue weighted by Gasteiger charge is 2.26. The van der Waals surface area contributed by atoms with Gasteiger partial charge >= 0.3 is 17.9 Å². The molecular formula is C56H97N5O19. The zero-order valence-corrected chi connectivity index (χ0v) is 47.8. The number of Topliss-reactive ketones (excluding diaryl/α,β-unsaturated/α-hetero) is 4. The van der Waals surface area contributed by atoms with Crippen molar-refractivity contribution in [3.8, 4) is 0 Å². The molecular weight excluding hydrogens is 1050 g/mol. The minimum absolute atomic E-state index is 0.0348. The number of hydrogen-bond acceptors (Lipinski definition) is 17. The molecule has 460 valence electrons. The molecule has 0 aliphatic carbocycles. The first-order valence-electron chi connectivity index (χ1n) is 28.8. The second-order valence-electron chi connectivity index (χ2n) is 20.1. The van der Waals surface area contributed by atoms with Crippen LogP contribution in [0.1, 0.15) is 180 Å². The maximum Gasteiger partial charge on any atom is 0.326 e. The normalized spacial score (nSPS) is 12.6. The van der Waals surface area contributed by atoms with Crippen molar-refractivity contribution in [3.63, 3.8) is 0 Å². The summed E-state index contributed by atoms with van der Waals surface area (Å²) in [5.41, 5.74) is 0. The molecule has 80 heavy (non-hydrogen) atoms. The molecule has 0 saturated heterocycles. The van der Waals surface area contributed by atoms with Crippen molar-refractivity contribution in [2.24, 2.45) is 11.8 Å². The van der Waals surface area contributed by atoms with Crippen LogP contribution in [0.4, 0.5) is 0 Å². The van der Waals surface area contributed by atoms with Crippen LogP contribution >= 0.6 is 0 Å². The summed E-state index contributed by atoms with van der Waals surface area (Å²) in [6.45, 7) is 1.50. The first kappa shape index (κ1) is 74.7. The lowest BCUT2D eigenvalue weighted by atomic mass is 9.94.